The molecule has 0 spiro atoms. The van der Waals surface area contributed by atoms with Gasteiger partial charge in [-0.3, -0.25) is 4.99 Å². The second-order valence-electron chi connectivity index (χ2n) is 9.34. The highest BCUT2D eigenvalue weighted by molar-refractivity contribution is 5.99. The normalized spacial score (nSPS) is 17.8. The summed E-state index contributed by atoms with van der Waals surface area (Å²) >= 11 is 0. The van der Waals surface area contributed by atoms with E-state index in [9.17, 15) is 0 Å². The number of aryl methyl sites for hydroxylation is 1. The Kier molecular flexibility index (Phi) is 5.08. The van der Waals surface area contributed by atoms with Crippen molar-refractivity contribution in [3.05, 3.63) is 35.5 Å². The zero-order valence-corrected chi connectivity index (χ0v) is 18.8. The molecule has 0 bridgehead atoms. The Balaban J connectivity index is 1.50. The van der Waals surface area contributed by atoms with Crippen LogP contribution in [-0.4, -0.2) is 59.0 Å². The largest absolute Gasteiger partial charge is 0.347 e. The molecule has 5 rings (SSSR count). The standard InChI is InChI=1S/C24H31FN6/c1-15(2)31-16(3)28-23-21(25)9-18(10-22(23)31)19-12-27-24-20(19)11-26-14-30(24)13-17-5-7-29(4)8-6-17/h9-12,15,17,27H,5-8,13-14H2,1-4H3. The van der Waals surface area contributed by atoms with E-state index in [-0.39, 0.29) is 11.9 Å². The first kappa shape index (κ1) is 20.2. The molecule has 7 heteroatoms. The van der Waals surface area contributed by atoms with Gasteiger partial charge in [-0.25, -0.2) is 9.37 Å². The molecular formula is C24H31FN6. The summed E-state index contributed by atoms with van der Waals surface area (Å²) < 4.78 is 17.1. The summed E-state index contributed by atoms with van der Waals surface area (Å²) in [6.07, 6.45) is 6.37. The summed E-state index contributed by atoms with van der Waals surface area (Å²) in [5, 5.41) is 0. The SMILES string of the molecule is Cc1nc2c(F)cc(-c3c[nH]c4c3C=NCN4CC3CCN(C)CC3)cc2n1C(C)C. The van der Waals surface area contributed by atoms with Crippen molar-refractivity contribution in [3.8, 4) is 11.1 Å². The van der Waals surface area contributed by atoms with Crippen molar-refractivity contribution in [2.24, 2.45) is 10.9 Å². The predicted molar refractivity (Wildman–Crippen MR) is 125 cm³/mol. The average Bonchev–Trinajstić information content (AvgIpc) is 3.31. The fourth-order valence-corrected chi connectivity index (χ4v) is 5.14. The molecule has 164 valence electrons. The molecule has 0 unspecified atom stereocenters. The van der Waals surface area contributed by atoms with Gasteiger partial charge in [-0.2, -0.15) is 0 Å². The number of likely N-dealkylation sites (tertiary alicyclic amines) is 1. The number of aliphatic imine (C=N–C) groups is 1. The molecule has 1 saturated heterocycles. The van der Waals surface area contributed by atoms with E-state index in [1.54, 1.807) is 6.07 Å². The highest BCUT2D eigenvalue weighted by atomic mass is 19.1. The Bertz CT molecular complexity index is 1130. The monoisotopic (exact) mass is 422 g/mol. The number of aromatic nitrogens is 3. The van der Waals surface area contributed by atoms with Crippen LogP contribution < -0.4 is 4.90 Å². The van der Waals surface area contributed by atoms with E-state index in [0.29, 0.717) is 18.1 Å². The Labute approximate surface area is 182 Å². The molecule has 6 nitrogen and oxygen atoms in total. The third-order valence-corrected chi connectivity index (χ3v) is 6.76. The number of hydrogen-bond acceptors (Lipinski definition) is 4. The van der Waals surface area contributed by atoms with Gasteiger partial charge in [-0.15, -0.1) is 0 Å². The quantitative estimate of drug-likeness (QED) is 0.669. The number of halogens is 1. The van der Waals surface area contributed by atoms with E-state index in [1.165, 1.54) is 12.8 Å². The topological polar surface area (TPSA) is 52.5 Å². The van der Waals surface area contributed by atoms with Crippen LogP contribution in [0, 0.1) is 18.7 Å². The molecule has 1 aromatic carbocycles. The second kappa shape index (κ2) is 7.79. The van der Waals surface area contributed by atoms with Crippen LogP contribution in [0.5, 0.6) is 0 Å². The van der Waals surface area contributed by atoms with Crippen LogP contribution in [0.4, 0.5) is 10.2 Å². The third-order valence-electron chi connectivity index (χ3n) is 6.76. The number of imidazole rings is 1. The van der Waals surface area contributed by atoms with Crippen LogP contribution in [0.25, 0.3) is 22.2 Å². The fourth-order valence-electron chi connectivity index (χ4n) is 5.14. The number of piperidine rings is 1. The van der Waals surface area contributed by atoms with Gasteiger partial charge < -0.3 is 19.4 Å². The summed E-state index contributed by atoms with van der Waals surface area (Å²) in [7, 11) is 2.19. The smallest absolute Gasteiger partial charge is 0.151 e. The lowest BCUT2D eigenvalue weighted by Gasteiger charge is -2.34. The van der Waals surface area contributed by atoms with Gasteiger partial charge in [0.1, 0.15) is 23.8 Å². The lowest BCUT2D eigenvalue weighted by atomic mass is 9.96. The summed E-state index contributed by atoms with van der Waals surface area (Å²) in [5.41, 5.74) is 4.18. The van der Waals surface area contributed by atoms with Crippen LogP contribution in [0.1, 0.15) is 44.1 Å². The minimum Gasteiger partial charge on any atom is -0.347 e. The van der Waals surface area contributed by atoms with Gasteiger partial charge in [0.25, 0.3) is 0 Å². The minimum absolute atomic E-state index is 0.214. The molecular weight excluding hydrogens is 391 g/mol. The Morgan fingerprint density at radius 3 is 2.74 bits per heavy atom. The fraction of sp³-hybridized carbons (Fsp3) is 0.500. The summed E-state index contributed by atoms with van der Waals surface area (Å²) in [6, 6.07) is 3.88. The van der Waals surface area contributed by atoms with Gasteiger partial charge in [-0.1, -0.05) is 0 Å². The lowest BCUT2D eigenvalue weighted by Crippen LogP contribution is -2.38. The van der Waals surface area contributed by atoms with Gasteiger partial charge in [0.15, 0.2) is 5.82 Å². The van der Waals surface area contributed by atoms with Crippen molar-refractivity contribution in [3.63, 3.8) is 0 Å². The van der Waals surface area contributed by atoms with Crippen molar-refractivity contribution in [2.75, 3.05) is 38.3 Å². The number of nitrogens with zero attached hydrogens (tertiary/aromatic N) is 5. The molecule has 1 N–H and O–H groups in total. The number of hydrogen-bond donors (Lipinski definition) is 1. The first-order valence-electron chi connectivity index (χ1n) is 11.3. The molecule has 1 fully saturated rings. The molecule has 0 amide bonds. The average molecular weight is 423 g/mol. The molecule has 2 aliphatic heterocycles. The van der Waals surface area contributed by atoms with Gasteiger partial charge >= 0.3 is 0 Å². The number of anilines is 1. The molecule has 2 aromatic heterocycles. The Morgan fingerprint density at radius 2 is 2.00 bits per heavy atom. The van der Waals surface area contributed by atoms with Crippen molar-refractivity contribution >= 4 is 23.1 Å². The number of nitrogens with one attached hydrogen (secondary N) is 1. The highest BCUT2D eigenvalue weighted by Gasteiger charge is 2.25. The zero-order chi connectivity index (χ0) is 21.7. The van der Waals surface area contributed by atoms with Crippen molar-refractivity contribution in [2.45, 2.75) is 39.7 Å². The maximum Gasteiger partial charge on any atom is 0.151 e. The first-order chi connectivity index (χ1) is 14.9. The Morgan fingerprint density at radius 1 is 1.23 bits per heavy atom. The number of rotatable bonds is 4. The number of H-pyrrole nitrogens is 1. The van der Waals surface area contributed by atoms with E-state index in [1.807, 2.05) is 19.3 Å². The summed E-state index contributed by atoms with van der Waals surface area (Å²) in [6.45, 7) is 10.1. The van der Waals surface area contributed by atoms with Crippen molar-refractivity contribution in [1.82, 2.24) is 19.4 Å². The molecule has 0 radical (unpaired) electrons. The van der Waals surface area contributed by atoms with Crippen LogP contribution in [0.2, 0.25) is 0 Å². The molecule has 0 saturated carbocycles. The second-order valence-corrected chi connectivity index (χ2v) is 9.34. The van der Waals surface area contributed by atoms with Gasteiger partial charge in [-0.05, 0) is 77.4 Å². The van der Waals surface area contributed by atoms with E-state index < -0.39 is 0 Å². The molecule has 3 aromatic rings. The van der Waals surface area contributed by atoms with Crippen molar-refractivity contribution < 1.29 is 4.39 Å². The first-order valence-corrected chi connectivity index (χ1v) is 11.3. The van der Waals surface area contributed by atoms with Crippen LogP contribution in [0.3, 0.4) is 0 Å². The van der Waals surface area contributed by atoms with Gasteiger partial charge in [0, 0.05) is 36.1 Å². The van der Waals surface area contributed by atoms with Crippen molar-refractivity contribution in [1.29, 1.82) is 0 Å². The number of fused-ring (bicyclic) bond motifs is 2. The molecule has 0 aliphatic carbocycles. The predicted octanol–water partition coefficient (Wildman–Crippen LogP) is 4.60. The summed E-state index contributed by atoms with van der Waals surface area (Å²) in [5.74, 6) is 2.34. The third kappa shape index (κ3) is 3.55. The molecule has 0 atom stereocenters. The van der Waals surface area contributed by atoms with E-state index >= 15 is 4.39 Å². The molecule has 4 heterocycles. The van der Waals surface area contributed by atoms with Gasteiger partial charge in [0.2, 0.25) is 0 Å². The van der Waals surface area contributed by atoms with E-state index in [2.05, 4.69) is 56.3 Å². The molecule has 31 heavy (non-hydrogen) atoms. The van der Waals surface area contributed by atoms with Crippen LogP contribution in [0.15, 0.2) is 23.3 Å². The minimum atomic E-state index is -0.277. The lowest BCUT2D eigenvalue weighted by molar-refractivity contribution is 0.221. The maximum atomic E-state index is 15.0. The summed E-state index contributed by atoms with van der Waals surface area (Å²) in [4.78, 5) is 17.3. The van der Waals surface area contributed by atoms with Crippen LogP contribution >= 0.6 is 0 Å². The van der Waals surface area contributed by atoms with E-state index in [0.717, 1.165) is 53.5 Å². The highest BCUT2D eigenvalue weighted by Crippen LogP contribution is 2.36. The van der Waals surface area contributed by atoms with E-state index in [4.69, 9.17) is 0 Å². The molecule has 2 aliphatic rings. The van der Waals surface area contributed by atoms with Gasteiger partial charge in [0.05, 0.1) is 5.52 Å². The van der Waals surface area contributed by atoms with Crippen LogP contribution in [-0.2, 0) is 0 Å². The Hall–Kier alpha value is -2.67. The number of benzene rings is 1. The maximum absolute atomic E-state index is 15.0. The zero-order valence-electron chi connectivity index (χ0n) is 18.8. The number of aromatic amines is 1.